The Balaban J connectivity index is 1.01. The molecule has 0 atom stereocenters. The van der Waals surface area contributed by atoms with Crippen molar-refractivity contribution in [1.29, 1.82) is 0 Å². The molecule has 6 heteroatoms. The SMILES string of the molecule is CSc1ccc(-c2ccc(C=Nc3ccc(Cc4ccc(N=Cc5ccc(-c6ccc(SC)cc6)cn5)cc4)cc3)nc2)cc1. The van der Waals surface area contributed by atoms with Crippen molar-refractivity contribution in [2.75, 3.05) is 12.5 Å². The highest BCUT2D eigenvalue weighted by Gasteiger charge is 2.02. The fraction of sp³-hybridized carbons (Fsp3) is 0.0769. The summed E-state index contributed by atoms with van der Waals surface area (Å²) in [6.45, 7) is 0. The van der Waals surface area contributed by atoms with E-state index in [0.717, 1.165) is 51.4 Å². The number of aliphatic imine (C=N–C) groups is 2. The lowest BCUT2D eigenvalue weighted by Gasteiger charge is -2.04. The van der Waals surface area contributed by atoms with Crippen molar-refractivity contribution >= 4 is 47.3 Å². The van der Waals surface area contributed by atoms with Gasteiger partial charge in [-0.05, 0) is 102 Å². The minimum Gasteiger partial charge on any atom is -0.255 e. The van der Waals surface area contributed by atoms with E-state index in [0.29, 0.717) is 0 Å². The molecule has 45 heavy (non-hydrogen) atoms. The zero-order valence-corrected chi connectivity index (χ0v) is 26.8. The highest BCUT2D eigenvalue weighted by Crippen LogP contribution is 2.24. The van der Waals surface area contributed by atoms with E-state index in [4.69, 9.17) is 0 Å². The van der Waals surface area contributed by atoms with Gasteiger partial charge < -0.3 is 0 Å². The summed E-state index contributed by atoms with van der Waals surface area (Å²) in [5, 5.41) is 0. The van der Waals surface area contributed by atoms with E-state index >= 15 is 0 Å². The van der Waals surface area contributed by atoms with Gasteiger partial charge in [-0.1, -0.05) is 60.7 Å². The van der Waals surface area contributed by atoms with Gasteiger partial charge in [-0.3, -0.25) is 20.0 Å². The van der Waals surface area contributed by atoms with E-state index in [1.54, 1.807) is 23.5 Å². The Hall–Kier alpha value is -4.78. The van der Waals surface area contributed by atoms with E-state index in [2.05, 4.69) is 117 Å². The largest absolute Gasteiger partial charge is 0.255 e. The van der Waals surface area contributed by atoms with Crippen LogP contribution in [-0.2, 0) is 6.42 Å². The second-order valence-electron chi connectivity index (χ2n) is 10.4. The average Bonchev–Trinajstić information content (AvgIpc) is 3.11. The topological polar surface area (TPSA) is 50.5 Å². The van der Waals surface area contributed by atoms with Crippen molar-refractivity contribution in [1.82, 2.24) is 9.97 Å². The van der Waals surface area contributed by atoms with Crippen molar-refractivity contribution < 1.29 is 0 Å². The minimum atomic E-state index is 0.830. The molecule has 0 N–H and O–H groups in total. The van der Waals surface area contributed by atoms with Crippen LogP contribution < -0.4 is 0 Å². The second-order valence-corrected chi connectivity index (χ2v) is 12.2. The summed E-state index contributed by atoms with van der Waals surface area (Å²) in [5.41, 5.74) is 10.4. The molecule has 4 aromatic carbocycles. The van der Waals surface area contributed by atoms with Gasteiger partial charge in [-0.15, -0.1) is 23.5 Å². The molecule has 0 radical (unpaired) electrons. The van der Waals surface area contributed by atoms with E-state index in [1.165, 1.54) is 20.9 Å². The lowest BCUT2D eigenvalue weighted by molar-refractivity contribution is 1.19. The predicted octanol–water partition coefficient (Wildman–Crippen LogP) is 10.3. The van der Waals surface area contributed by atoms with Crippen LogP contribution in [0.3, 0.4) is 0 Å². The van der Waals surface area contributed by atoms with Crippen LogP contribution in [0.2, 0.25) is 0 Å². The summed E-state index contributed by atoms with van der Waals surface area (Å²) in [4.78, 5) is 20.9. The van der Waals surface area contributed by atoms with Crippen LogP contribution in [0.5, 0.6) is 0 Å². The highest BCUT2D eigenvalue weighted by molar-refractivity contribution is 7.98. The van der Waals surface area contributed by atoms with Gasteiger partial charge in [0.2, 0.25) is 0 Å². The summed E-state index contributed by atoms with van der Waals surface area (Å²) in [6, 6.07) is 41.9. The van der Waals surface area contributed by atoms with Gasteiger partial charge in [0.1, 0.15) is 0 Å². The first-order chi connectivity index (χ1) is 22.1. The number of nitrogens with zero attached hydrogens (tertiary/aromatic N) is 4. The van der Waals surface area contributed by atoms with E-state index in [9.17, 15) is 0 Å². The Labute approximate surface area is 273 Å². The molecule has 0 aliphatic carbocycles. The maximum Gasteiger partial charge on any atom is 0.0812 e. The molecule has 0 aliphatic heterocycles. The number of rotatable bonds is 10. The molecule has 2 heterocycles. The van der Waals surface area contributed by atoms with Crippen LogP contribution in [0.4, 0.5) is 11.4 Å². The molecule has 0 saturated heterocycles. The summed E-state index contributed by atoms with van der Waals surface area (Å²) in [5.74, 6) is 0. The number of hydrogen-bond acceptors (Lipinski definition) is 6. The molecule has 0 bridgehead atoms. The van der Waals surface area contributed by atoms with Crippen LogP contribution in [-0.4, -0.2) is 34.9 Å². The summed E-state index contributed by atoms with van der Waals surface area (Å²) in [6.07, 6.45) is 12.4. The fourth-order valence-electron chi connectivity index (χ4n) is 4.79. The number of aromatic nitrogens is 2. The molecule has 0 saturated carbocycles. The predicted molar refractivity (Wildman–Crippen MR) is 193 cm³/mol. The van der Waals surface area contributed by atoms with Crippen molar-refractivity contribution in [3.8, 4) is 22.3 Å². The number of benzene rings is 4. The zero-order valence-electron chi connectivity index (χ0n) is 25.2. The highest BCUT2D eigenvalue weighted by atomic mass is 32.2. The third-order valence-corrected chi connectivity index (χ3v) is 8.88. The third-order valence-electron chi connectivity index (χ3n) is 7.39. The third kappa shape index (κ3) is 8.24. The molecule has 4 nitrogen and oxygen atoms in total. The molecule has 0 aliphatic rings. The minimum absolute atomic E-state index is 0.830. The Bertz CT molecular complexity index is 1740. The molecule has 0 unspecified atom stereocenters. The summed E-state index contributed by atoms with van der Waals surface area (Å²) < 4.78 is 0. The van der Waals surface area contributed by atoms with Crippen molar-refractivity contribution in [2.45, 2.75) is 16.2 Å². The van der Waals surface area contributed by atoms with Gasteiger partial charge in [-0.25, -0.2) is 0 Å². The summed E-state index contributed by atoms with van der Waals surface area (Å²) in [7, 11) is 0. The molecular weight excluding hydrogens is 589 g/mol. The maximum absolute atomic E-state index is 4.62. The monoisotopic (exact) mass is 620 g/mol. The fourth-order valence-corrected chi connectivity index (χ4v) is 5.61. The number of thioether (sulfide) groups is 2. The van der Waals surface area contributed by atoms with E-state index in [-0.39, 0.29) is 0 Å². The lowest BCUT2D eigenvalue weighted by atomic mass is 10.0. The molecule has 0 fully saturated rings. The van der Waals surface area contributed by atoms with Crippen LogP contribution >= 0.6 is 23.5 Å². The standard InChI is InChI=1S/C39H32N4S2/c1-44-38-19-9-30(10-20-38)32-7-17-36(40-24-32)26-42-34-13-3-28(4-14-34)23-29-5-15-35(16-6-29)43-27-37-18-8-33(25-41-37)31-11-21-39(45-2)22-12-31/h3-22,24-27H,23H2,1-2H3. The first kappa shape index (κ1) is 30.3. The molecule has 0 spiro atoms. The van der Waals surface area contributed by atoms with Crippen LogP contribution in [0.15, 0.2) is 153 Å². The van der Waals surface area contributed by atoms with Gasteiger partial charge in [0, 0.05) is 33.3 Å². The smallest absolute Gasteiger partial charge is 0.0812 e. The zero-order chi connectivity index (χ0) is 30.8. The Morgan fingerprint density at radius 3 is 1.18 bits per heavy atom. The molecule has 2 aromatic heterocycles. The second kappa shape index (κ2) is 14.8. The van der Waals surface area contributed by atoms with Gasteiger partial charge in [0.25, 0.3) is 0 Å². The van der Waals surface area contributed by atoms with Crippen LogP contribution in [0.1, 0.15) is 22.5 Å². The van der Waals surface area contributed by atoms with E-state index < -0.39 is 0 Å². The Kier molecular flexibility index (Phi) is 9.95. The number of pyridine rings is 2. The quantitative estimate of drug-likeness (QED) is 0.113. The molecule has 0 amide bonds. The Morgan fingerprint density at radius 2 is 0.844 bits per heavy atom. The Morgan fingerprint density at radius 1 is 0.467 bits per heavy atom. The average molecular weight is 621 g/mol. The van der Waals surface area contributed by atoms with Crippen LogP contribution in [0.25, 0.3) is 22.3 Å². The van der Waals surface area contributed by atoms with E-state index in [1.807, 2.05) is 61.2 Å². The lowest BCUT2D eigenvalue weighted by Crippen LogP contribution is -1.89. The molecule has 220 valence electrons. The molecule has 6 rings (SSSR count). The van der Waals surface area contributed by atoms with Crippen molar-refractivity contribution in [3.05, 3.63) is 156 Å². The molecule has 6 aromatic rings. The van der Waals surface area contributed by atoms with Crippen LogP contribution in [0, 0.1) is 0 Å². The van der Waals surface area contributed by atoms with Gasteiger partial charge in [-0.2, -0.15) is 0 Å². The van der Waals surface area contributed by atoms with Gasteiger partial charge in [0.05, 0.1) is 35.2 Å². The summed E-state index contributed by atoms with van der Waals surface area (Å²) >= 11 is 3.49. The maximum atomic E-state index is 4.62. The molecular formula is C39H32N4S2. The first-order valence-electron chi connectivity index (χ1n) is 14.6. The number of hydrogen-bond donors (Lipinski definition) is 0. The van der Waals surface area contributed by atoms with Crippen molar-refractivity contribution in [2.24, 2.45) is 9.98 Å². The van der Waals surface area contributed by atoms with Gasteiger partial charge in [0.15, 0.2) is 0 Å². The first-order valence-corrected chi connectivity index (χ1v) is 17.1. The van der Waals surface area contributed by atoms with Gasteiger partial charge >= 0.3 is 0 Å². The van der Waals surface area contributed by atoms with Crippen molar-refractivity contribution in [3.63, 3.8) is 0 Å². The normalized spacial score (nSPS) is 11.4.